The highest BCUT2D eigenvalue weighted by atomic mass is 32.2. The summed E-state index contributed by atoms with van der Waals surface area (Å²) in [6, 6.07) is 10.6. The monoisotopic (exact) mass is 377 g/mol. The Labute approximate surface area is 151 Å². The number of nitro groups is 1. The number of rotatable bonds is 7. The van der Waals surface area contributed by atoms with Crippen molar-refractivity contribution in [1.29, 1.82) is 0 Å². The van der Waals surface area contributed by atoms with Gasteiger partial charge in [0.2, 0.25) is 0 Å². The lowest BCUT2D eigenvalue weighted by Gasteiger charge is -2.10. The fourth-order valence-electron chi connectivity index (χ4n) is 2.05. The molecule has 0 aliphatic carbocycles. The Hall–Kier alpha value is -2.94. The summed E-state index contributed by atoms with van der Waals surface area (Å²) >= 11 is 0. The van der Waals surface area contributed by atoms with E-state index in [-0.39, 0.29) is 22.2 Å². The normalized spacial score (nSPS) is 11.2. The van der Waals surface area contributed by atoms with Crippen molar-refractivity contribution in [2.24, 2.45) is 5.92 Å². The number of nitro benzene ring substituents is 1. The van der Waals surface area contributed by atoms with Crippen LogP contribution >= 0.6 is 0 Å². The second kappa shape index (κ2) is 7.96. The van der Waals surface area contributed by atoms with Crippen LogP contribution in [-0.4, -0.2) is 25.8 Å². The van der Waals surface area contributed by atoms with Crippen LogP contribution in [0.15, 0.2) is 53.4 Å². The van der Waals surface area contributed by atoms with Crippen LogP contribution < -0.4 is 10.0 Å². The van der Waals surface area contributed by atoms with Crippen LogP contribution in [0.4, 0.5) is 11.4 Å². The minimum absolute atomic E-state index is 0.0955. The fourth-order valence-corrected chi connectivity index (χ4v) is 3.11. The molecule has 0 aromatic heterocycles. The van der Waals surface area contributed by atoms with E-state index in [1.165, 1.54) is 24.3 Å². The van der Waals surface area contributed by atoms with Gasteiger partial charge in [-0.05, 0) is 42.3 Å². The molecule has 1 amide bonds. The maximum atomic E-state index is 12.3. The first-order valence-corrected chi connectivity index (χ1v) is 9.33. The minimum Gasteiger partial charge on any atom is -0.352 e. The van der Waals surface area contributed by atoms with Gasteiger partial charge in [-0.2, -0.15) is 0 Å². The summed E-state index contributed by atoms with van der Waals surface area (Å²) in [6.07, 6.45) is 0. The van der Waals surface area contributed by atoms with Crippen LogP contribution in [0.25, 0.3) is 0 Å². The summed E-state index contributed by atoms with van der Waals surface area (Å²) in [5.41, 5.74) is 0.508. The van der Waals surface area contributed by atoms with Gasteiger partial charge in [-0.1, -0.05) is 13.8 Å². The van der Waals surface area contributed by atoms with Crippen molar-refractivity contribution in [2.45, 2.75) is 18.7 Å². The molecule has 0 radical (unpaired) electrons. The molecule has 0 saturated heterocycles. The number of anilines is 1. The molecule has 0 atom stereocenters. The predicted molar refractivity (Wildman–Crippen MR) is 97.5 cm³/mol. The maximum absolute atomic E-state index is 12.3. The van der Waals surface area contributed by atoms with Crippen molar-refractivity contribution in [3.05, 3.63) is 64.2 Å². The molecule has 0 bridgehead atoms. The van der Waals surface area contributed by atoms with E-state index < -0.39 is 14.9 Å². The highest BCUT2D eigenvalue weighted by Gasteiger charge is 2.16. The fraction of sp³-hybridized carbons (Fsp3) is 0.235. The number of hydrogen-bond donors (Lipinski definition) is 2. The van der Waals surface area contributed by atoms with Crippen molar-refractivity contribution in [3.8, 4) is 0 Å². The Morgan fingerprint density at radius 1 is 1.08 bits per heavy atom. The van der Waals surface area contributed by atoms with Gasteiger partial charge in [0.25, 0.3) is 21.6 Å². The second-order valence-corrected chi connectivity index (χ2v) is 7.72. The molecular weight excluding hydrogens is 358 g/mol. The topological polar surface area (TPSA) is 118 Å². The van der Waals surface area contributed by atoms with Crippen LogP contribution in [0, 0.1) is 16.0 Å². The first-order valence-electron chi connectivity index (χ1n) is 7.84. The molecule has 2 N–H and O–H groups in total. The number of sulfonamides is 1. The standard InChI is InChI=1S/C17H19N3O5S/c1-12(2)11-18-17(21)13-3-5-14(6-4-13)19-26(24,25)16-9-7-15(8-10-16)20(22)23/h3-10,12,19H,11H2,1-2H3,(H,18,21). The van der Waals surface area contributed by atoms with Crippen LogP contribution in [0.2, 0.25) is 0 Å². The van der Waals surface area contributed by atoms with Gasteiger partial charge < -0.3 is 5.32 Å². The predicted octanol–water partition coefficient (Wildman–Crippen LogP) is 2.78. The largest absolute Gasteiger partial charge is 0.352 e. The van der Waals surface area contributed by atoms with Crippen LogP contribution in [0.3, 0.4) is 0 Å². The molecule has 138 valence electrons. The van der Waals surface area contributed by atoms with Gasteiger partial charge in [0.1, 0.15) is 0 Å². The van der Waals surface area contributed by atoms with E-state index in [9.17, 15) is 23.3 Å². The number of nitrogens with zero attached hydrogens (tertiary/aromatic N) is 1. The zero-order valence-corrected chi connectivity index (χ0v) is 15.1. The van der Waals surface area contributed by atoms with Gasteiger partial charge in [-0.25, -0.2) is 8.42 Å². The Bertz CT molecular complexity index is 891. The number of hydrogen-bond acceptors (Lipinski definition) is 5. The number of amides is 1. The number of carbonyl (C=O) groups is 1. The SMILES string of the molecule is CC(C)CNC(=O)c1ccc(NS(=O)(=O)c2ccc([N+](=O)[O-])cc2)cc1. The van der Waals surface area contributed by atoms with Crippen molar-refractivity contribution >= 4 is 27.3 Å². The number of nitrogens with one attached hydrogen (secondary N) is 2. The lowest BCUT2D eigenvalue weighted by molar-refractivity contribution is -0.384. The molecule has 2 aromatic rings. The Kier molecular flexibility index (Phi) is 5.93. The molecule has 0 unspecified atom stereocenters. The van der Waals surface area contributed by atoms with E-state index in [1.807, 2.05) is 13.8 Å². The van der Waals surface area contributed by atoms with Crippen molar-refractivity contribution in [3.63, 3.8) is 0 Å². The van der Waals surface area contributed by atoms with Crippen LogP contribution in [-0.2, 0) is 10.0 Å². The molecule has 0 spiro atoms. The summed E-state index contributed by atoms with van der Waals surface area (Å²) in [4.78, 5) is 21.9. The zero-order valence-electron chi connectivity index (χ0n) is 14.3. The first-order chi connectivity index (χ1) is 12.2. The van der Waals surface area contributed by atoms with E-state index in [0.29, 0.717) is 18.0 Å². The summed E-state index contributed by atoms with van der Waals surface area (Å²) in [7, 11) is -3.88. The molecule has 8 nitrogen and oxygen atoms in total. The molecule has 0 heterocycles. The molecule has 0 aliphatic rings. The van der Waals surface area contributed by atoms with Gasteiger partial charge in [-0.3, -0.25) is 19.6 Å². The third kappa shape index (κ3) is 5.03. The van der Waals surface area contributed by atoms with Crippen molar-refractivity contribution < 1.29 is 18.1 Å². The van der Waals surface area contributed by atoms with Gasteiger partial charge >= 0.3 is 0 Å². The summed E-state index contributed by atoms with van der Waals surface area (Å²) < 4.78 is 27.0. The number of benzene rings is 2. The number of non-ortho nitro benzene ring substituents is 1. The van der Waals surface area contributed by atoms with E-state index in [2.05, 4.69) is 10.0 Å². The van der Waals surface area contributed by atoms with Gasteiger partial charge in [-0.15, -0.1) is 0 Å². The Morgan fingerprint density at radius 2 is 1.65 bits per heavy atom. The summed E-state index contributed by atoms with van der Waals surface area (Å²) in [5.74, 6) is 0.0928. The van der Waals surface area contributed by atoms with Crippen LogP contribution in [0.5, 0.6) is 0 Å². The maximum Gasteiger partial charge on any atom is 0.269 e. The highest BCUT2D eigenvalue weighted by molar-refractivity contribution is 7.92. The second-order valence-electron chi connectivity index (χ2n) is 6.04. The molecule has 26 heavy (non-hydrogen) atoms. The molecule has 0 saturated carbocycles. The molecule has 2 rings (SSSR count). The van der Waals surface area contributed by atoms with Gasteiger partial charge in [0.05, 0.1) is 9.82 Å². The molecule has 0 fully saturated rings. The molecule has 2 aromatic carbocycles. The van der Waals surface area contributed by atoms with Crippen LogP contribution in [0.1, 0.15) is 24.2 Å². The third-order valence-corrected chi connectivity index (χ3v) is 4.83. The lowest BCUT2D eigenvalue weighted by atomic mass is 10.2. The summed E-state index contributed by atoms with van der Waals surface area (Å²) in [6.45, 7) is 4.51. The Balaban J connectivity index is 2.09. The van der Waals surface area contributed by atoms with E-state index >= 15 is 0 Å². The average Bonchev–Trinajstić information content (AvgIpc) is 2.60. The quantitative estimate of drug-likeness (QED) is 0.568. The highest BCUT2D eigenvalue weighted by Crippen LogP contribution is 2.19. The average molecular weight is 377 g/mol. The Morgan fingerprint density at radius 3 is 2.15 bits per heavy atom. The first kappa shape index (κ1) is 19.4. The zero-order chi connectivity index (χ0) is 19.3. The third-order valence-electron chi connectivity index (χ3n) is 3.43. The lowest BCUT2D eigenvalue weighted by Crippen LogP contribution is -2.27. The van der Waals surface area contributed by atoms with E-state index in [1.54, 1.807) is 0 Å². The van der Waals surface area contributed by atoms with Gasteiger partial charge in [0, 0.05) is 29.9 Å². The minimum atomic E-state index is -3.88. The molecular formula is C17H19N3O5S. The van der Waals surface area contributed by atoms with Gasteiger partial charge in [0.15, 0.2) is 0 Å². The summed E-state index contributed by atoms with van der Waals surface area (Å²) in [5, 5.41) is 13.4. The molecule has 0 aliphatic heterocycles. The smallest absolute Gasteiger partial charge is 0.269 e. The van der Waals surface area contributed by atoms with Crippen molar-refractivity contribution in [2.75, 3.05) is 11.3 Å². The van der Waals surface area contributed by atoms with Crippen molar-refractivity contribution in [1.82, 2.24) is 5.32 Å². The number of carbonyl (C=O) groups excluding carboxylic acids is 1. The van der Waals surface area contributed by atoms with E-state index in [0.717, 1.165) is 24.3 Å². The molecule has 9 heteroatoms. The van der Waals surface area contributed by atoms with E-state index in [4.69, 9.17) is 0 Å².